The van der Waals surface area contributed by atoms with Crippen molar-refractivity contribution < 1.29 is 31.0 Å². The van der Waals surface area contributed by atoms with Gasteiger partial charge in [0.1, 0.15) is 13.2 Å². The maximum absolute atomic E-state index is 11.7. The average molecular weight is 325 g/mol. The van der Waals surface area contributed by atoms with Gasteiger partial charge in [-0.25, -0.2) is 4.79 Å². The Morgan fingerprint density at radius 2 is 1.44 bits per heavy atom. The number of rotatable bonds is 8. The molecular weight excluding hydrogens is 296 g/mol. The Morgan fingerprint density at radius 3 is 1.78 bits per heavy atom. The molecule has 0 rings (SSSR count). The molecule has 0 atom stereocenters. The second kappa shape index (κ2) is 10.6. The van der Waals surface area contributed by atoms with Crippen molar-refractivity contribution in [2.24, 2.45) is 0 Å². The van der Waals surface area contributed by atoms with Crippen LogP contribution in [0.2, 0.25) is 0 Å². The third kappa shape index (κ3) is 6.05. The van der Waals surface area contributed by atoms with Gasteiger partial charge in [-0.2, -0.15) is 0 Å². The normalized spacial score (nSPS) is 10.7. The second-order valence-corrected chi connectivity index (χ2v) is 4.30. The van der Waals surface area contributed by atoms with Gasteiger partial charge in [-0.3, -0.25) is 0 Å². The molecule has 1 amide bonds. The molecule has 0 spiro atoms. The lowest BCUT2D eigenvalue weighted by Gasteiger charge is -2.35. The third-order valence-electron chi connectivity index (χ3n) is 3.83. The number of ether oxygens (including phenoxy) is 1. The molecule has 0 heterocycles. The van der Waals surface area contributed by atoms with Gasteiger partial charge in [0.15, 0.2) is 0 Å². The molecule has 0 saturated heterocycles. The van der Waals surface area contributed by atoms with Crippen LogP contribution in [0.15, 0.2) is 0 Å². The first kappa shape index (κ1) is 20.0. The molecule has 0 aliphatic rings. The zero-order chi connectivity index (χ0) is 13.3. The van der Waals surface area contributed by atoms with Crippen LogP contribution in [0.4, 0.5) is 4.79 Å². The zero-order valence-electron chi connectivity index (χ0n) is 12.5. The summed E-state index contributed by atoms with van der Waals surface area (Å²) in [5, 5.41) is 0. The van der Waals surface area contributed by atoms with Gasteiger partial charge >= 0.3 is 6.09 Å². The van der Waals surface area contributed by atoms with Gasteiger partial charge in [-0.1, -0.05) is 0 Å². The first-order chi connectivity index (χ1) is 8.09. The molecule has 0 aliphatic carbocycles. The number of amides is 1. The first-order valence-corrected chi connectivity index (χ1v) is 6.85. The summed E-state index contributed by atoms with van der Waals surface area (Å²) < 4.78 is 6.34. The minimum atomic E-state index is -0.184. The Bertz CT molecular complexity index is 209. The van der Waals surface area contributed by atoms with E-state index in [0.717, 1.165) is 30.7 Å². The van der Waals surface area contributed by atoms with E-state index in [2.05, 4.69) is 20.8 Å². The van der Waals surface area contributed by atoms with E-state index in [1.807, 2.05) is 13.8 Å². The van der Waals surface area contributed by atoms with Crippen LogP contribution in [0.5, 0.6) is 0 Å². The van der Waals surface area contributed by atoms with E-state index in [1.54, 1.807) is 4.90 Å². The Kier molecular flexibility index (Phi) is 11.8. The SMILES string of the molecule is CCN(CC)C(=O)OCC[N+](CC)(CC)CC.[Br-]. The highest BCUT2D eigenvalue weighted by molar-refractivity contribution is 5.67. The highest BCUT2D eigenvalue weighted by atomic mass is 79.9. The maximum atomic E-state index is 11.7. The molecule has 4 nitrogen and oxygen atoms in total. The maximum Gasteiger partial charge on any atom is 0.409 e. The van der Waals surface area contributed by atoms with Crippen LogP contribution in [0.3, 0.4) is 0 Å². The summed E-state index contributed by atoms with van der Waals surface area (Å²) in [6.45, 7) is 16.7. The quantitative estimate of drug-likeness (QED) is 0.555. The molecule has 18 heavy (non-hydrogen) atoms. The highest BCUT2D eigenvalue weighted by Gasteiger charge is 2.21. The fraction of sp³-hybridized carbons (Fsp3) is 0.923. The standard InChI is InChI=1S/C13H29N2O2.BrH/c1-6-14(7-2)13(16)17-12-11-15(8-3,9-4)10-5;/h6-12H2,1-5H3;1H/q+1;/p-1. The molecule has 0 aromatic carbocycles. The predicted octanol–water partition coefficient (Wildman–Crippen LogP) is -0.655. The van der Waals surface area contributed by atoms with Gasteiger partial charge < -0.3 is 31.1 Å². The Balaban J connectivity index is 0. The molecule has 0 aromatic heterocycles. The Hall–Kier alpha value is -0.290. The zero-order valence-corrected chi connectivity index (χ0v) is 14.1. The van der Waals surface area contributed by atoms with Crippen molar-refractivity contribution in [3.05, 3.63) is 0 Å². The van der Waals surface area contributed by atoms with Crippen LogP contribution in [0, 0.1) is 0 Å². The van der Waals surface area contributed by atoms with Crippen LogP contribution < -0.4 is 17.0 Å². The van der Waals surface area contributed by atoms with Crippen LogP contribution in [0.25, 0.3) is 0 Å². The van der Waals surface area contributed by atoms with Crippen LogP contribution >= 0.6 is 0 Å². The fourth-order valence-electron chi connectivity index (χ4n) is 2.04. The summed E-state index contributed by atoms with van der Waals surface area (Å²) in [5.74, 6) is 0. The van der Waals surface area contributed by atoms with Gasteiger partial charge in [0.25, 0.3) is 0 Å². The molecule has 0 radical (unpaired) electrons. The molecule has 0 aliphatic heterocycles. The molecule has 0 N–H and O–H groups in total. The second-order valence-electron chi connectivity index (χ2n) is 4.30. The van der Waals surface area contributed by atoms with Gasteiger partial charge in [-0.05, 0) is 34.6 Å². The lowest BCUT2D eigenvalue weighted by atomic mass is 10.3. The van der Waals surface area contributed by atoms with Crippen molar-refractivity contribution in [3.8, 4) is 0 Å². The number of hydrogen-bond donors (Lipinski definition) is 0. The van der Waals surface area contributed by atoms with Crippen molar-refractivity contribution in [2.75, 3.05) is 45.9 Å². The van der Waals surface area contributed by atoms with Crippen molar-refractivity contribution in [3.63, 3.8) is 0 Å². The number of nitrogens with zero attached hydrogens (tertiary/aromatic N) is 2. The van der Waals surface area contributed by atoms with Crippen molar-refractivity contribution in [1.29, 1.82) is 0 Å². The number of carbonyl (C=O) groups excluding carboxylic acids is 1. The molecule has 5 heteroatoms. The fourth-order valence-corrected chi connectivity index (χ4v) is 2.04. The van der Waals surface area contributed by atoms with E-state index in [1.165, 1.54) is 0 Å². The first-order valence-electron chi connectivity index (χ1n) is 6.85. The summed E-state index contributed by atoms with van der Waals surface area (Å²) >= 11 is 0. The number of likely N-dealkylation sites (N-methyl/N-ethyl adjacent to an activating group) is 1. The van der Waals surface area contributed by atoms with Crippen molar-refractivity contribution in [2.45, 2.75) is 34.6 Å². The van der Waals surface area contributed by atoms with E-state index in [0.29, 0.717) is 19.7 Å². The smallest absolute Gasteiger partial charge is 0.409 e. The third-order valence-corrected chi connectivity index (χ3v) is 3.83. The summed E-state index contributed by atoms with van der Waals surface area (Å²) in [5.41, 5.74) is 0. The summed E-state index contributed by atoms with van der Waals surface area (Å²) in [6.07, 6.45) is -0.184. The molecule has 0 unspecified atom stereocenters. The van der Waals surface area contributed by atoms with E-state index < -0.39 is 0 Å². The van der Waals surface area contributed by atoms with Crippen LogP contribution in [0.1, 0.15) is 34.6 Å². The van der Waals surface area contributed by atoms with E-state index in [-0.39, 0.29) is 23.1 Å². The molecule has 0 fully saturated rings. The van der Waals surface area contributed by atoms with Gasteiger partial charge in [0, 0.05) is 13.1 Å². The number of quaternary nitrogens is 1. The van der Waals surface area contributed by atoms with Gasteiger partial charge in [0.05, 0.1) is 19.6 Å². The summed E-state index contributed by atoms with van der Waals surface area (Å²) in [6, 6.07) is 0. The van der Waals surface area contributed by atoms with E-state index in [4.69, 9.17) is 4.74 Å². The molecule has 0 saturated carbocycles. The number of carbonyl (C=O) groups is 1. The van der Waals surface area contributed by atoms with Gasteiger partial charge in [0.2, 0.25) is 0 Å². The monoisotopic (exact) mass is 324 g/mol. The van der Waals surface area contributed by atoms with E-state index in [9.17, 15) is 4.79 Å². The number of hydrogen-bond acceptors (Lipinski definition) is 2. The van der Waals surface area contributed by atoms with E-state index >= 15 is 0 Å². The predicted molar refractivity (Wildman–Crippen MR) is 71.0 cm³/mol. The molecule has 0 bridgehead atoms. The number of halogens is 1. The lowest BCUT2D eigenvalue weighted by Crippen LogP contribution is -3.00. The van der Waals surface area contributed by atoms with Crippen LogP contribution in [-0.2, 0) is 4.74 Å². The minimum Gasteiger partial charge on any atom is -1.00 e. The highest BCUT2D eigenvalue weighted by Crippen LogP contribution is 2.05. The summed E-state index contributed by atoms with van der Waals surface area (Å²) in [4.78, 5) is 13.4. The Labute approximate surface area is 123 Å². The molecular formula is C13H29BrN2O2. The average Bonchev–Trinajstić information content (AvgIpc) is 2.37. The summed E-state index contributed by atoms with van der Waals surface area (Å²) in [7, 11) is 0. The van der Waals surface area contributed by atoms with Crippen molar-refractivity contribution >= 4 is 6.09 Å². The topological polar surface area (TPSA) is 29.5 Å². The minimum absolute atomic E-state index is 0. The van der Waals surface area contributed by atoms with Crippen molar-refractivity contribution in [1.82, 2.24) is 4.90 Å². The molecule has 0 aromatic rings. The molecule has 110 valence electrons. The van der Waals surface area contributed by atoms with Crippen LogP contribution in [-0.4, -0.2) is 61.4 Å². The lowest BCUT2D eigenvalue weighted by molar-refractivity contribution is -0.923. The van der Waals surface area contributed by atoms with Gasteiger partial charge in [-0.15, -0.1) is 0 Å². The Morgan fingerprint density at radius 1 is 1.00 bits per heavy atom. The largest absolute Gasteiger partial charge is 1.00 e.